The fraction of sp³-hybridized carbons (Fsp3) is 0.625. The fourth-order valence-electron chi connectivity index (χ4n) is 2.75. The van der Waals surface area contributed by atoms with Gasteiger partial charge in [0.1, 0.15) is 0 Å². The van der Waals surface area contributed by atoms with Crippen LogP contribution in [-0.2, 0) is 20.5 Å². The predicted molar refractivity (Wildman–Crippen MR) is 88.1 cm³/mol. The van der Waals surface area contributed by atoms with Gasteiger partial charge < -0.3 is 4.74 Å². The summed E-state index contributed by atoms with van der Waals surface area (Å²) in [4.78, 5) is 2.32. The number of morpholine rings is 1. The van der Waals surface area contributed by atoms with Crippen LogP contribution in [0, 0.1) is 5.92 Å². The molecule has 1 aromatic carbocycles. The van der Waals surface area contributed by atoms with Gasteiger partial charge in [0.2, 0.25) is 10.0 Å². The first-order valence-electron chi connectivity index (χ1n) is 7.81. The fourth-order valence-corrected chi connectivity index (χ4v) is 3.91. The average molecular weight is 326 g/mol. The van der Waals surface area contributed by atoms with E-state index in [2.05, 4.69) is 23.5 Å². The molecule has 1 aliphatic heterocycles. The van der Waals surface area contributed by atoms with Crippen LogP contribution >= 0.6 is 0 Å². The maximum absolute atomic E-state index is 12.3. The number of hydrogen-bond donors (Lipinski definition) is 1. The molecule has 2 rings (SSSR count). The summed E-state index contributed by atoms with van der Waals surface area (Å²) in [7, 11) is -3.31. The summed E-state index contributed by atoms with van der Waals surface area (Å²) in [5.74, 6) is 0.416. The lowest BCUT2D eigenvalue weighted by Gasteiger charge is -2.36. The second-order valence-corrected chi connectivity index (χ2v) is 7.86. The van der Waals surface area contributed by atoms with Gasteiger partial charge >= 0.3 is 0 Å². The molecule has 0 aliphatic carbocycles. The second-order valence-electron chi connectivity index (χ2n) is 6.05. The molecule has 6 heteroatoms. The van der Waals surface area contributed by atoms with E-state index in [1.165, 1.54) is 0 Å². The highest BCUT2D eigenvalue weighted by atomic mass is 32.2. The van der Waals surface area contributed by atoms with E-state index in [1.807, 2.05) is 30.3 Å². The minimum Gasteiger partial charge on any atom is -0.379 e. The maximum Gasteiger partial charge on any atom is 0.215 e. The number of benzene rings is 1. The topological polar surface area (TPSA) is 58.6 Å². The SMILES string of the molecule is CC(C)[C@H](CNS(=O)(=O)Cc1ccccc1)N1CCOCC1. The Morgan fingerprint density at radius 1 is 1.18 bits per heavy atom. The predicted octanol–water partition coefficient (Wildman–Crippen LogP) is 1.46. The van der Waals surface area contributed by atoms with Gasteiger partial charge in [-0.05, 0) is 11.5 Å². The van der Waals surface area contributed by atoms with Gasteiger partial charge in [-0.3, -0.25) is 4.90 Å². The minimum absolute atomic E-state index is 0.0295. The molecule has 0 saturated carbocycles. The number of sulfonamides is 1. The number of nitrogens with zero attached hydrogens (tertiary/aromatic N) is 1. The van der Waals surface area contributed by atoms with Crippen LogP contribution in [0.5, 0.6) is 0 Å². The van der Waals surface area contributed by atoms with Crippen molar-refractivity contribution in [2.75, 3.05) is 32.8 Å². The third-order valence-corrected chi connectivity index (χ3v) is 5.32. The molecule has 1 heterocycles. The van der Waals surface area contributed by atoms with Crippen LogP contribution < -0.4 is 4.72 Å². The number of ether oxygens (including phenoxy) is 1. The number of hydrogen-bond acceptors (Lipinski definition) is 4. The average Bonchev–Trinajstić information content (AvgIpc) is 2.48. The van der Waals surface area contributed by atoms with Gasteiger partial charge in [-0.15, -0.1) is 0 Å². The Bertz CT molecular complexity index is 540. The molecule has 1 saturated heterocycles. The first-order valence-corrected chi connectivity index (χ1v) is 9.46. The molecule has 5 nitrogen and oxygen atoms in total. The molecule has 0 bridgehead atoms. The number of nitrogens with one attached hydrogen (secondary N) is 1. The highest BCUT2D eigenvalue weighted by Gasteiger charge is 2.25. The van der Waals surface area contributed by atoms with Crippen LogP contribution in [0.15, 0.2) is 30.3 Å². The molecule has 1 fully saturated rings. The summed E-state index contributed by atoms with van der Waals surface area (Å²) in [6.07, 6.45) is 0. The Balaban J connectivity index is 1.93. The third kappa shape index (κ3) is 5.35. The Morgan fingerprint density at radius 2 is 1.82 bits per heavy atom. The van der Waals surface area contributed by atoms with Crippen molar-refractivity contribution in [3.8, 4) is 0 Å². The molecule has 0 radical (unpaired) electrons. The lowest BCUT2D eigenvalue weighted by atomic mass is 10.0. The summed E-state index contributed by atoms with van der Waals surface area (Å²) in [5.41, 5.74) is 0.808. The van der Waals surface area contributed by atoms with Crippen molar-refractivity contribution in [1.29, 1.82) is 0 Å². The third-order valence-electron chi connectivity index (χ3n) is 4.00. The van der Waals surface area contributed by atoms with E-state index >= 15 is 0 Å². The molecule has 1 N–H and O–H groups in total. The van der Waals surface area contributed by atoms with Gasteiger partial charge in [0.05, 0.1) is 19.0 Å². The van der Waals surface area contributed by atoms with Crippen molar-refractivity contribution in [2.24, 2.45) is 5.92 Å². The second kappa shape index (κ2) is 8.06. The quantitative estimate of drug-likeness (QED) is 0.824. The summed E-state index contributed by atoms with van der Waals surface area (Å²) in [5, 5.41) is 0. The van der Waals surface area contributed by atoms with Crippen LogP contribution in [0.3, 0.4) is 0 Å². The smallest absolute Gasteiger partial charge is 0.215 e. The Morgan fingerprint density at radius 3 is 2.41 bits per heavy atom. The minimum atomic E-state index is -3.31. The van der Waals surface area contributed by atoms with E-state index < -0.39 is 10.0 Å². The Labute approximate surface area is 133 Å². The van der Waals surface area contributed by atoms with Gasteiger partial charge in [0.25, 0.3) is 0 Å². The molecule has 1 aromatic rings. The zero-order chi connectivity index (χ0) is 16.0. The van der Waals surface area contributed by atoms with E-state index in [-0.39, 0.29) is 11.8 Å². The molecule has 124 valence electrons. The first kappa shape index (κ1) is 17.4. The molecule has 0 amide bonds. The van der Waals surface area contributed by atoms with Crippen molar-refractivity contribution in [2.45, 2.75) is 25.6 Å². The molecular formula is C16H26N2O3S. The van der Waals surface area contributed by atoms with Crippen LogP contribution in [0.25, 0.3) is 0 Å². The summed E-state index contributed by atoms with van der Waals surface area (Å²) in [6.45, 7) is 7.89. The van der Waals surface area contributed by atoms with Crippen molar-refractivity contribution >= 4 is 10.0 Å². The monoisotopic (exact) mass is 326 g/mol. The van der Waals surface area contributed by atoms with E-state index in [9.17, 15) is 8.42 Å². The van der Waals surface area contributed by atoms with E-state index in [4.69, 9.17) is 4.74 Å². The number of rotatable bonds is 7. The van der Waals surface area contributed by atoms with E-state index in [1.54, 1.807) is 0 Å². The maximum atomic E-state index is 12.3. The zero-order valence-corrected chi connectivity index (χ0v) is 14.2. The summed E-state index contributed by atoms with van der Waals surface area (Å²) >= 11 is 0. The standard InChI is InChI=1S/C16H26N2O3S/c1-14(2)16(18-8-10-21-11-9-18)12-17-22(19,20)13-15-6-4-3-5-7-15/h3-7,14,16-17H,8-13H2,1-2H3/t16-/m0/s1. The molecule has 0 spiro atoms. The van der Waals surface area contributed by atoms with Crippen molar-refractivity contribution in [3.63, 3.8) is 0 Å². The largest absolute Gasteiger partial charge is 0.379 e. The van der Waals surface area contributed by atoms with Crippen molar-refractivity contribution in [1.82, 2.24) is 9.62 Å². The molecule has 22 heavy (non-hydrogen) atoms. The van der Waals surface area contributed by atoms with Gasteiger partial charge in [-0.1, -0.05) is 44.2 Å². The van der Waals surface area contributed by atoms with Crippen LogP contribution in [0.4, 0.5) is 0 Å². The first-order chi connectivity index (χ1) is 10.5. The molecule has 1 aliphatic rings. The van der Waals surface area contributed by atoms with Gasteiger partial charge in [-0.25, -0.2) is 13.1 Å². The highest BCUT2D eigenvalue weighted by molar-refractivity contribution is 7.88. The molecular weight excluding hydrogens is 300 g/mol. The lowest BCUT2D eigenvalue weighted by molar-refractivity contribution is 0.00776. The highest BCUT2D eigenvalue weighted by Crippen LogP contribution is 2.13. The van der Waals surface area contributed by atoms with Gasteiger partial charge in [0, 0.05) is 25.7 Å². The summed E-state index contributed by atoms with van der Waals surface area (Å²) in [6, 6.07) is 9.47. The van der Waals surface area contributed by atoms with E-state index in [0.717, 1.165) is 31.9 Å². The Hall–Kier alpha value is -0.950. The van der Waals surface area contributed by atoms with E-state index in [0.29, 0.717) is 12.5 Å². The molecule has 0 aromatic heterocycles. The van der Waals surface area contributed by atoms with Crippen LogP contribution in [0.2, 0.25) is 0 Å². The van der Waals surface area contributed by atoms with Crippen LogP contribution in [-0.4, -0.2) is 52.2 Å². The zero-order valence-electron chi connectivity index (χ0n) is 13.4. The van der Waals surface area contributed by atoms with Crippen molar-refractivity contribution in [3.05, 3.63) is 35.9 Å². The van der Waals surface area contributed by atoms with Crippen LogP contribution in [0.1, 0.15) is 19.4 Å². The lowest BCUT2D eigenvalue weighted by Crippen LogP contribution is -2.51. The normalized spacial score (nSPS) is 18.5. The Kier molecular flexibility index (Phi) is 6.37. The molecule has 1 atom stereocenters. The molecule has 0 unspecified atom stereocenters. The summed E-state index contributed by atoms with van der Waals surface area (Å²) < 4.78 is 32.7. The van der Waals surface area contributed by atoms with Gasteiger partial charge in [-0.2, -0.15) is 0 Å². The van der Waals surface area contributed by atoms with Gasteiger partial charge in [0.15, 0.2) is 0 Å². The van der Waals surface area contributed by atoms with Crippen molar-refractivity contribution < 1.29 is 13.2 Å².